The summed E-state index contributed by atoms with van der Waals surface area (Å²) in [6.45, 7) is 5.08. The summed E-state index contributed by atoms with van der Waals surface area (Å²) in [6, 6.07) is 1.58. The molecule has 3 rings (SSSR count). The average molecular weight is 388 g/mol. The smallest absolute Gasteiger partial charge is 0.338 e. The van der Waals surface area contributed by atoms with Gasteiger partial charge in [-0.3, -0.25) is 10.1 Å². The lowest BCUT2D eigenvalue weighted by atomic mass is 9.95. The second kappa shape index (κ2) is 7.18. The lowest BCUT2D eigenvalue weighted by Crippen LogP contribution is -2.30. The molecule has 28 heavy (non-hydrogen) atoms. The van der Waals surface area contributed by atoms with Crippen LogP contribution in [0.4, 0.5) is 11.6 Å². The van der Waals surface area contributed by atoms with E-state index < -0.39 is 28.4 Å². The van der Waals surface area contributed by atoms with Crippen LogP contribution in [0.1, 0.15) is 32.4 Å². The summed E-state index contributed by atoms with van der Waals surface area (Å²) in [7, 11) is 1.24. The Labute approximate surface area is 159 Å². The minimum atomic E-state index is -0.891. The van der Waals surface area contributed by atoms with Gasteiger partial charge in [-0.1, -0.05) is 0 Å². The van der Waals surface area contributed by atoms with Gasteiger partial charge >= 0.3 is 5.97 Å². The standard InChI is InChI=1S/C17H19N5O6/c1-8(2)28-16(24)13-9(3)20-17-18-7-19-21(17)14(13)10-5-11(22(25)26)15(23)12(6-10)27-4/h5-8,14,23H,1-4H3,(H,18,19,20)/p-1/t14-/m0/s1. The van der Waals surface area contributed by atoms with Crippen molar-refractivity contribution in [2.75, 3.05) is 12.4 Å². The van der Waals surface area contributed by atoms with Crippen LogP contribution in [0.25, 0.3) is 0 Å². The molecule has 1 aromatic carbocycles. The Bertz CT molecular complexity index is 980. The van der Waals surface area contributed by atoms with Crippen LogP contribution in [0.2, 0.25) is 0 Å². The zero-order valence-electron chi connectivity index (χ0n) is 15.6. The number of esters is 1. The molecule has 0 fully saturated rings. The number of allylic oxidation sites excluding steroid dienone is 1. The first-order valence-electron chi connectivity index (χ1n) is 8.36. The Kier molecular flexibility index (Phi) is 4.91. The number of nitrogens with zero attached hydrogens (tertiary/aromatic N) is 4. The molecule has 1 aliphatic heterocycles. The highest BCUT2D eigenvalue weighted by molar-refractivity contribution is 5.92. The van der Waals surface area contributed by atoms with Gasteiger partial charge in [0.1, 0.15) is 18.1 Å². The van der Waals surface area contributed by atoms with Gasteiger partial charge in [0, 0.05) is 17.5 Å². The molecule has 11 nitrogen and oxygen atoms in total. The third-order valence-corrected chi connectivity index (χ3v) is 4.15. The van der Waals surface area contributed by atoms with Crippen molar-refractivity contribution >= 4 is 17.6 Å². The highest BCUT2D eigenvalue weighted by Crippen LogP contribution is 2.41. The number of fused-ring (bicyclic) bond motifs is 1. The maximum Gasteiger partial charge on any atom is 0.338 e. The molecule has 1 aromatic heterocycles. The summed E-state index contributed by atoms with van der Waals surface area (Å²) in [5.74, 6) is -1.33. The van der Waals surface area contributed by atoms with Gasteiger partial charge < -0.3 is 19.9 Å². The van der Waals surface area contributed by atoms with E-state index in [1.165, 1.54) is 24.2 Å². The maximum atomic E-state index is 12.8. The van der Waals surface area contributed by atoms with Crippen LogP contribution in [0.15, 0.2) is 29.7 Å². The number of nitrogens with one attached hydrogen (secondary N) is 1. The number of hydrogen-bond donors (Lipinski definition) is 1. The average Bonchev–Trinajstić information content (AvgIpc) is 3.07. The summed E-state index contributed by atoms with van der Waals surface area (Å²) < 4.78 is 11.7. The highest BCUT2D eigenvalue weighted by Gasteiger charge is 2.36. The first-order chi connectivity index (χ1) is 13.2. The Hall–Kier alpha value is -3.63. The lowest BCUT2D eigenvalue weighted by molar-refractivity contribution is -0.398. The van der Waals surface area contributed by atoms with Crippen molar-refractivity contribution in [2.24, 2.45) is 0 Å². The zero-order chi connectivity index (χ0) is 20.6. The van der Waals surface area contributed by atoms with Crippen LogP contribution in [0.3, 0.4) is 0 Å². The largest absolute Gasteiger partial charge is 0.865 e. The van der Waals surface area contributed by atoms with Gasteiger partial charge in [0.2, 0.25) is 5.95 Å². The number of aromatic nitrogens is 3. The quantitative estimate of drug-likeness (QED) is 0.457. The Morgan fingerprint density at radius 3 is 2.71 bits per heavy atom. The number of carbonyl (C=O) groups is 1. The van der Waals surface area contributed by atoms with Gasteiger partial charge in [-0.2, -0.15) is 10.1 Å². The first-order valence-corrected chi connectivity index (χ1v) is 8.36. The molecule has 0 aliphatic carbocycles. The number of methoxy groups -OCH3 is 1. The number of carbonyl (C=O) groups excluding carboxylic acids is 1. The number of nitro benzene ring substituents is 1. The molecular weight excluding hydrogens is 370 g/mol. The van der Waals surface area contributed by atoms with Crippen LogP contribution in [0, 0.1) is 10.1 Å². The molecule has 0 saturated heterocycles. The van der Waals surface area contributed by atoms with Gasteiger partial charge in [-0.05, 0) is 32.4 Å². The number of hydrogen-bond acceptors (Lipinski definition) is 9. The fourth-order valence-corrected chi connectivity index (χ4v) is 2.99. The molecule has 2 heterocycles. The topological polar surface area (TPSA) is 144 Å². The van der Waals surface area contributed by atoms with Gasteiger partial charge in [-0.15, -0.1) is 0 Å². The number of rotatable bonds is 5. The number of benzene rings is 1. The van der Waals surface area contributed by atoms with Crippen LogP contribution < -0.4 is 15.2 Å². The van der Waals surface area contributed by atoms with E-state index in [0.29, 0.717) is 11.6 Å². The maximum absolute atomic E-state index is 12.8. The Morgan fingerprint density at radius 2 is 2.11 bits per heavy atom. The molecule has 1 N–H and O–H groups in total. The van der Waals surface area contributed by atoms with E-state index in [4.69, 9.17) is 9.47 Å². The van der Waals surface area contributed by atoms with Gasteiger partial charge in [0.25, 0.3) is 5.69 Å². The van der Waals surface area contributed by atoms with Crippen LogP contribution in [-0.2, 0) is 9.53 Å². The molecular formula is C17H18N5O6-. The van der Waals surface area contributed by atoms with E-state index in [1.54, 1.807) is 20.8 Å². The molecule has 1 aliphatic rings. The number of ether oxygens (including phenoxy) is 2. The monoisotopic (exact) mass is 388 g/mol. The van der Waals surface area contributed by atoms with Crippen molar-refractivity contribution in [3.05, 3.63) is 45.4 Å². The van der Waals surface area contributed by atoms with Crippen molar-refractivity contribution in [2.45, 2.75) is 32.9 Å². The molecule has 0 bridgehead atoms. The fraction of sp³-hybridized carbons (Fsp3) is 0.353. The number of nitro groups is 1. The summed E-state index contributed by atoms with van der Waals surface area (Å²) in [6.07, 6.45) is 0.908. The molecule has 148 valence electrons. The predicted octanol–water partition coefficient (Wildman–Crippen LogP) is 1.51. The van der Waals surface area contributed by atoms with E-state index in [9.17, 15) is 20.0 Å². The van der Waals surface area contributed by atoms with E-state index in [-0.39, 0.29) is 23.0 Å². The van der Waals surface area contributed by atoms with Crippen molar-refractivity contribution in [1.82, 2.24) is 14.8 Å². The van der Waals surface area contributed by atoms with Crippen molar-refractivity contribution in [1.29, 1.82) is 0 Å². The third kappa shape index (κ3) is 3.21. The second-order valence-electron chi connectivity index (χ2n) is 6.38. The molecule has 0 amide bonds. The molecule has 0 radical (unpaired) electrons. The molecule has 0 spiro atoms. The van der Waals surface area contributed by atoms with Gasteiger partial charge in [-0.25, -0.2) is 9.48 Å². The van der Waals surface area contributed by atoms with Crippen LogP contribution in [-0.4, -0.2) is 38.9 Å². The lowest BCUT2D eigenvalue weighted by Gasteiger charge is -2.29. The minimum absolute atomic E-state index is 0.196. The summed E-state index contributed by atoms with van der Waals surface area (Å²) in [4.78, 5) is 27.4. The molecule has 2 aromatic rings. The normalized spacial score (nSPS) is 15.8. The van der Waals surface area contributed by atoms with E-state index >= 15 is 0 Å². The van der Waals surface area contributed by atoms with Crippen molar-refractivity contribution in [3.8, 4) is 11.5 Å². The molecule has 11 heteroatoms. The summed E-state index contributed by atoms with van der Waals surface area (Å²) >= 11 is 0. The predicted molar refractivity (Wildman–Crippen MR) is 94.8 cm³/mol. The third-order valence-electron chi connectivity index (χ3n) is 4.15. The molecule has 0 saturated carbocycles. The summed E-state index contributed by atoms with van der Waals surface area (Å²) in [5, 5.41) is 30.6. The van der Waals surface area contributed by atoms with Crippen molar-refractivity contribution in [3.63, 3.8) is 0 Å². The summed E-state index contributed by atoms with van der Waals surface area (Å²) in [5.41, 5.74) is 0.265. The highest BCUT2D eigenvalue weighted by atomic mass is 16.6. The van der Waals surface area contributed by atoms with Crippen LogP contribution >= 0.6 is 0 Å². The van der Waals surface area contributed by atoms with E-state index in [2.05, 4.69) is 15.4 Å². The molecule has 0 unspecified atom stereocenters. The fourth-order valence-electron chi connectivity index (χ4n) is 2.99. The zero-order valence-corrected chi connectivity index (χ0v) is 15.6. The van der Waals surface area contributed by atoms with Crippen LogP contribution in [0.5, 0.6) is 11.5 Å². The van der Waals surface area contributed by atoms with E-state index in [0.717, 1.165) is 6.07 Å². The Balaban J connectivity index is 2.23. The van der Waals surface area contributed by atoms with Crippen molar-refractivity contribution < 1.29 is 24.3 Å². The first kappa shape index (κ1) is 19.1. The molecule has 1 atom stereocenters. The second-order valence-corrected chi connectivity index (χ2v) is 6.38. The van der Waals surface area contributed by atoms with E-state index in [1.807, 2.05) is 0 Å². The SMILES string of the molecule is COc1cc([C@H]2C(C(=O)OC(C)C)=C(C)Nc3ncnn32)cc([N+](=O)[O-])c1[O-]. The minimum Gasteiger partial charge on any atom is -0.865 e. The number of anilines is 1. The van der Waals surface area contributed by atoms with Gasteiger partial charge in [0.15, 0.2) is 0 Å². The van der Waals surface area contributed by atoms with Gasteiger partial charge in [0.05, 0.1) is 23.7 Å². The Morgan fingerprint density at radius 1 is 1.39 bits per heavy atom.